The molecule has 3 aliphatic carbocycles. The van der Waals surface area contributed by atoms with Crippen molar-refractivity contribution in [3.63, 3.8) is 0 Å². The van der Waals surface area contributed by atoms with Crippen LogP contribution in [0, 0.1) is 16.2 Å². The van der Waals surface area contributed by atoms with E-state index in [0.29, 0.717) is 70.6 Å². The second-order valence-electron chi connectivity index (χ2n) is 14.9. The molecule has 0 spiro atoms. The van der Waals surface area contributed by atoms with Crippen LogP contribution in [0.3, 0.4) is 0 Å². The van der Waals surface area contributed by atoms with Crippen LogP contribution in [0.1, 0.15) is 116 Å². The summed E-state index contributed by atoms with van der Waals surface area (Å²) >= 11 is 0. The van der Waals surface area contributed by atoms with Crippen molar-refractivity contribution in [3.05, 3.63) is 74.9 Å². The molecule has 15 heteroatoms. The lowest BCUT2D eigenvalue weighted by atomic mass is 9.77. The molecule has 0 aromatic carbocycles. The van der Waals surface area contributed by atoms with Crippen LogP contribution in [0.2, 0.25) is 0 Å². The summed E-state index contributed by atoms with van der Waals surface area (Å²) in [6, 6.07) is -1.46. The monoisotopic (exact) mass is 821 g/mol. The van der Waals surface area contributed by atoms with E-state index in [1.165, 1.54) is 0 Å². The van der Waals surface area contributed by atoms with Crippen molar-refractivity contribution in [3.8, 4) is 0 Å². The summed E-state index contributed by atoms with van der Waals surface area (Å²) < 4.78 is 37.4. The normalized spacial score (nSPS) is 29.4. The van der Waals surface area contributed by atoms with E-state index in [0.717, 1.165) is 6.42 Å². The summed E-state index contributed by atoms with van der Waals surface area (Å²) in [7, 11) is 0. The smallest absolute Gasteiger partial charge is 0.326 e. The maximum Gasteiger partial charge on any atom is 0.326 e. The Balaban J connectivity index is 0.000000895. The Bertz CT molecular complexity index is 1650. The number of amides is 2. The SMILES string of the molecule is C.[2H]C(=C)O[C@@H]1/C=C/CC[C@](C)(C(=O)NC(CC(=O)O)C(=O)O)CC1.[2H]C(=C)O[C@@H]1/C=C/CC[C@](C)(C(=O)NCC(=O)O)CC1.[2H]C(=C)O[C@@H]1/C=C/CC[C@](C)(C(=O)O)CC1. The van der Waals surface area contributed by atoms with Gasteiger partial charge in [-0.05, 0) is 102 Å². The predicted octanol–water partition coefficient (Wildman–Crippen LogP) is 6.92. The number of carboxylic acids is 4. The Morgan fingerprint density at radius 1 is 0.672 bits per heavy atom. The largest absolute Gasteiger partial charge is 0.495 e. The van der Waals surface area contributed by atoms with Gasteiger partial charge in [0.25, 0.3) is 0 Å². The van der Waals surface area contributed by atoms with Crippen molar-refractivity contribution >= 4 is 35.7 Å². The molecule has 0 fully saturated rings. The lowest BCUT2D eigenvalue weighted by Gasteiger charge is -2.31. The van der Waals surface area contributed by atoms with Gasteiger partial charge in [-0.1, -0.05) is 59.2 Å². The molecule has 6 N–H and O–H groups in total. The third kappa shape index (κ3) is 19.2. The van der Waals surface area contributed by atoms with Gasteiger partial charge in [-0.3, -0.25) is 24.0 Å². The number of hydrogen-bond donors (Lipinski definition) is 6. The van der Waals surface area contributed by atoms with Crippen molar-refractivity contribution in [1.29, 1.82) is 0 Å². The molecule has 0 bridgehead atoms. The Kier molecular flexibility index (Phi) is 21.5. The molecule has 0 saturated heterocycles. The number of allylic oxidation sites excluding steroid dienone is 3. The highest BCUT2D eigenvalue weighted by Crippen LogP contribution is 2.35. The van der Waals surface area contributed by atoms with Gasteiger partial charge in [0, 0.05) is 10.8 Å². The van der Waals surface area contributed by atoms with Crippen LogP contribution < -0.4 is 10.6 Å². The molecule has 15 nitrogen and oxygen atoms in total. The minimum Gasteiger partial charge on any atom is -0.495 e. The Morgan fingerprint density at radius 3 is 1.40 bits per heavy atom. The zero-order chi connectivity index (χ0) is 45.7. The first-order valence-electron chi connectivity index (χ1n) is 20.4. The number of carbonyl (C=O) groups excluding carboxylic acids is 2. The molecule has 58 heavy (non-hydrogen) atoms. The first kappa shape index (κ1) is 47.0. The van der Waals surface area contributed by atoms with E-state index in [9.17, 15) is 28.8 Å². The maximum absolute atomic E-state index is 12.5. The van der Waals surface area contributed by atoms with E-state index < -0.39 is 58.5 Å². The van der Waals surface area contributed by atoms with Gasteiger partial charge < -0.3 is 45.3 Å². The summed E-state index contributed by atoms with van der Waals surface area (Å²) in [6.07, 6.45) is 16.5. The summed E-state index contributed by atoms with van der Waals surface area (Å²) in [5, 5.41) is 40.3. The molecule has 0 saturated carbocycles. The first-order valence-corrected chi connectivity index (χ1v) is 18.9. The molecular formula is C43H66N2O13. The third-order valence-corrected chi connectivity index (χ3v) is 10.3. The third-order valence-electron chi connectivity index (χ3n) is 10.3. The van der Waals surface area contributed by atoms with Gasteiger partial charge in [0.05, 0.1) is 30.6 Å². The molecule has 0 aromatic heterocycles. The van der Waals surface area contributed by atoms with Gasteiger partial charge in [-0.2, -0.15) is 0 Å². The zero-order valence-corrected chi connectivity index (χ0v) is 33.3. The Hall–Kier alpha value is -5.34. The number of nitrogens with one attached hydrogen (secondary N) is 2. The van der Waals surface area contributed by atoms with Gasteiger partial charge in [-0.25, -0.2) is 4.79 Å². The van der Waals surface area contributed by atoms with Gasteiger partial charge in [-0.15, -0.1) is 0 Å². The predicted molar refractivity (Wildman–Crippen MR) is 219 cm³/mol. The number of carboxylic acid groups (broad SMARTS) is 4. The molecule has 0 radical (unpaired) electrons. The minimum atomic E-state index is -1.46. The second kappa shape index (κ2) is 26.6. The van der Waals surface area contributed by atoms with Crippen LogP contribution in [0.15, 0.2) is 74.9 Å². The van der Waals surface area contributed by atoms with Crippen molar-refractivity contribution < 1.29 is 67.5 Å². The second-order valence-corrected chi connectivity index (χ2v) is 14.9. The van der Waals surface area contributed by atoms with Gasteiger partial charge in [0.2, 0.25) is 11.8 Å². The summed E-state index contributed by atoms with van der Waals surface area (Å²) in [6.45, 7) is 15.1. The van der Waals surface area contributed by atoms with E-state index >= 15 is 0 Å². The minimum absolute atomic E-state index is 0. The highest BCUT2D eigenvalue weighted by Gasteiger charge is 2.37. The lowest BCUT2D eigenvalue weighted by molar-refractivity contribution is -0.149. The molecular weight excluding hydrogens is 752 g/mol. The number of aliphatic carboxylic acids is 4. The Morgan fingerprint density at radius 2 is 1.05 bits per heavy atom. The van der Waals surface area contributed by atoms with E-state index in [4.69, 9.17) is 38.7 Å². The molecule has 0 aromatic rings. The first-order chi connectivity index (χ1) is 27.9. The number of ether oxygens (including phenoxy) is 3. The van der Waals surface area contributed by atoms with Crippen LogP contribution >= 0.6 is 0 Å². The fourth-order valence-corrected chi connectivity index (χ4v) is 6.36. The molecule has 7 atom stereocenters. The molecule has 326 valence electrons. The van der Waals surface area contributed by atoms with Crippen LogP contribution in [0.4, 0.5) is 0 Å². The molecule has 1 unspecified atom stereocenters. The van der Waals surface area contributed by atoms with Gasteiger partial charge in [0.1, 0.15) is 35.0 Å². The number of rotatable bonds is 15. The standard InChI is InChI=1S/C16H23NO6.C14H21NO4.C12H18O3.CH4/c1-3-23-11-6-4-5-8-16(2,9-7-11)15(22)17-12(14(20)21)10-13(18)19;1-3-19-11-6-4-5-8-14(2,9-7-11)13(18)15-10-12(16)17;1-3-15-10-6-4-5-8-12(2,9-7-10)11(13)14;/h3-4,6,11-12H,1,5,7-10H2,2H3,(H,17,22)(H,18,19)(H,20,21);3-4,6,11H,1,5,7-10H2,2H3,(H,15,18)(H,16,17);3-4,6,10H,1,5,7-9H2,2H3,(H,13,14);1H4/b3*6-4+;/t11-,12?,16+;11-,14+;10-,12+;/m111./s1/i3*3D;. The Labute approximate surface area is 347 Å². The molecule has 0 aliphatic heterocycles. The van der Waals surface area contributed by atoms with Gasteiger partial charge in [0.15, 0.2) is 0 Å². The highest BCUT2D eigenvalue weighted by atomic mass is 16.5. The summed E-state index contributed by atoms with van der Waals surface area (Å²) in [4.78, 5) is 68.2. The van der Waals surface area contributed by atoms with Crippen molar-refractivity contribution in [2.45, 2.75) is 136 Å². The molecule has 0 heterocycles. The van der Waals surface area contributed by atoms with Crippen LogP contribution in [-0.4, -0.2) is 87.0 Å². The number of carbonyl (C=O) groups is 6. The molecule has 2 amide bonds. The van der Waals surface area contributed by atoms with Gasteiger partial charge >= 0.3 is 23.9 Å². The quantitative estimate of drug-likeness (QED) is 0.0728. The highest BCUT2D eigenvalue weighted by molar-refractivity contribution is 5.89. The van der Waals surface area contributed by atoms with E-state index in [-0.39, 0.29) is 56.9 Å². The lowest BCUT2D eigenvalue weighted by Crippen LogP contribution is -2.48. The maximum atomic E-state index is 12.5. The van der Waals surface area contributed by atoms with Crippen LogP contribution in [0.25, 0.3) is 0 Å². The van der Waals surface area contributed by atoms with E-state index in [2.05, 4.69) is 30.4 Å². The van der Waals surface area contributed by atoms with E-state index in [1.807, 2.05) is 43.4 Å². The van der Waals surface area contributed by atoms with Crippen molar-refractivity contribution in [1.82, 2.24) is 10.6 Å². The fraction of sp³-hybridized carbons (Fsp3) is 0.581. The number of hydrogen-bond acceptors (Lipinski definition) is 9. The van der Waals surface area contributed by atoms with Crippen molar-refractivity contribution in [2.75, 3.05) is 6.54 Å². The summed E-state index contributed by atoms with van der Waals surface area (Å²) in [5.74, 6) is -5.23. The summed E-state index contributed by atoms with van der Waals surface area (Å²) in [5.41, 5.74) is -2.15. The average molecular weight is 822 g/mol. The molecule has 3 rings (SSSR count). The average Bonchev–Trinajstić information content (AvgIpc) is 3.12. The fourth-order valence-electron chi connectivity index (χ4n) is 6.36. The molecule has 3 aliphatic rings. The zero-order valence-electron chi connectivity index (χ0n) is 36.3. The van der Waals surface area contributed by atoms with Crippen LogP contribution in [0.5, 0.6) is 0 Å². The van der Waals surface area contributed by atoms with Crippen LogP contribution in [-0.2, 0) is 43.0 Å². The van der Waals surface area contributed by atoms with E-state index in [1.54, 1.807) is 13.8 Å². The topological polar surface area (TPSA) is 235 Å². The van der Waals surface area contributed by atoms with Crippen molar-refractivity contribution in [2.24, 2.45) is 16.2 Å².